The molecule has 1 atom stereocenters. The number of benzene rings is 1. The molecule has 0 N–H and O–H groups in total. The van der Waals surface area contributed by atoms with Gasteiger partial charge in [0.15, 0.2) is 0 Å². The topological polar surface area (TPSA) is 18.5 Å². The zero-order valence-electron chi connectivity index (χ0n) is 14.5. The average Bonchev–Trinajstić information content (AvgIpc) is 2.50. The van der Waals surface area contributed by atoms with Gasteiger partial charge in [0.2, 0.25) is 0 Å². The summed E-state index contributed by atoms with van der Waals surface area (Å²) in [7, 11) is 0. The van der Waals surface area contributed by atoms with E-state index in [1.54, 1.807) is 0 Å². The highest BCUT2D eigenvalue weighted by molar-refractivity contribution is 5.24. The van der Waals surface area contributed by atoms with Crippen LogP contribution in [-0.4, -0.2) is 19.3 Å². The number of allylic oxidation sites excluding steroid dienone is 2. The summed E-state index contributed by atoms with van der Waals surface area (Å²) in [6.07, 6.45) is 4.96. The van der Waals surface area contributed by atoms with Crippen molar-refractivity contribution in [3.63, 3.8) is 0 Å². The van der Waals surface area contributed by atoms with Gasteiger partial charge in [-0.2, -0.15) is 0 Å². The van der Waals surface area contributed by atoms with Crippen molar-refractivity contribution in [1.82, 2.24) is 0 Å². The van der Waals surface area contributed by atoms with Crippen LogP contribution in [0.3, 0.4) is 0 Å². The van der Waals surface area contributed by atoms with E-state index in [0.29, 0.717) is 19.1 Å². The minimum absolute atomic E-state index is 0.0771. The standard InChI is InChI=1S/C20H30O2/c1-6-17(4)11-12-20(15-21-13-16(2)3)22-14-19-10-8-7-9-18(19)5/h6-11,16,20H,1,12-15H2,2-5H3/b17-11-. The van der Waals surface area contributed by atoms with E-state index in [4.69, 9.17) is 9.47 Å². The maximum atomic E-state index is 6.08. The quantitative estimate of drug-likeness (QED) is 0.561. The lowest BCUT2D eigenvalue weighted by molar-refractivity contribution is -0.0284. The molecule has 122 valence electrons. The van der Waals surface area contributed by atoms with Crippen LogP contribution in [0.25, 0.3) is 0 Å². The molecule has 0 saturated heterocycles. The second-order valence-electron chi connectivity index (χ2n) is 6.18. The van der Waals surface area contributed by atoms with Crippen molar-refractivity contribution < 1.29 is 9.47 Å². The molecule has 0 aromatic heterocycles. The molecule has 0 radical (unpaired) electrons. The van der Waals surface area contributed by atoms with Gasteiger partial charge in [0.05, 0.1) is 19.3 Å². The third kappa shape index (κ3) is 7.58. The van der Waals surface area contributed by atoms with Crippen LogP contribution in [0.15, 0.2) is 48.6 Å². The molecule has 0 saturated carbocycles. The highest BCUT2D eigenvalue weighted by Gasteiger charge is 2.10. The Balaban J connectivity index is 2.56. The van der Waals surface area contributed by atoms with Gasteiger partial charge in [0.25, 0.3) is 0 Å². The van der Waals surface area contributed by atoms with Crippen molar-refractivity contribution in [3.8, 4) is 0 Å². The van der Waals surface area contributed by atoms with E-state index in [-0.39, 0.29) is 6.10 Å². The van der Waals surface area contributed by atoms with Crippen LogP contribution < -0.4 is 0 Å². The van der Waals surface area contributed by atoms with Crippen LogP contribution in [0.4, 0.5) is 0 Å². The van der Waals surface area contributed by atoms with Crippen LogP contribution in [0.2, 0.25) is 0 Å². The Hall–Kier alpha value is -1.38. The van der Waals surface area contributed by atoms with Crippen molar-refractivity contribution in [2.45, 2.75) is 46.8 Å². The van der Waals surface area contributed by atoms with Crippen molar-refractivity contribution in [3.05, 3.63) is 59.7 Å². The van der Waals surface area contributed by atoms with Gasteiger partial charge >= 0.3 is 0 Å². The monoisotopic (exact) mass is 302 g/mol. The molecular formula is C20H30O2. The summed E-state index contributed by atoms with van der Waals surface area (Å²) >= 11 is 0. The second kappa shape index (κ2) is 10.4. The van der Waals surface area contributed by atoms with Gasteiger partial charge < -0.3 is 9.47 Å². The summed E-state index contributed by atoms with van der Waals surface area (Å²) in [5.74, 6) is 0.544. The SMILES string of the molecule is C=C/C(C)=C\CC(COCC(C)C)OCc1ccccc1C. The molecular weight excluding hydrogens is 272 g/mol. The first kappa shape index (κ1) is 18.7. The Morgan fingerprint density at radius 3 is 2.59 bits per heavy atom. The number of aryl methyl sites for hydroxylation is 1. The van der Waals surface area contributed by atoms with Crippen molar-refractivity contribution >= 4 is 0 Å². The normalized spacial score (nSPS) is 13.4. The van der Waals surface area contributed by atoms with E-state index in [1.807, 2.05) is 6.08 Å². The summed E-state index contributed by atoms with van der Waals surface area (Å²) in [6.45, 7) is 14.3. The van der Waals surface area contributed by atoms with Crippen LogP contribution in [0.5, 0.6) is 0 Å². The first-order chi connectivity index (χ1) is 10.5. The molecule has 1 unspecified atom stereocenters. The summed E-state index contributed by atoms with van der Waals surface area (Å²) in [4.78, 5) is 0. The Bertz CT molecular complexity index is 474. The predicted octanol–water partition coefficient (Wildman–Crippen LogP) is 5.08. The molecule has 0 fully saturated rings. The van der Waals surface area contributed by atoms with E-state index in [9.17, 15) is 0 Å². The zero-order valence-corrected chi connectivity index (χ0v) is 14.5. The first-order valence-electron chi connectivity index (χ1n) is 8.06. The smallest absolute Gasteiger partial charge is 0.0847 e. The van der Waals surface area contributed by atoms with E-state index in [0.717, 1.165) is 13.0 Å². The Kier molecular flexibility index (Phi) is 8.79. The molecule has 2 nitrogen and oxygen atoms in total. The molecule has 1 aromatic rings. The van der Waals surface area contributed by atoms with Crippen LogP contribution in [0, 0.1) is 12.8 Å². The molecule has 2 heteroatoms. The fourth-order valence-corrected chi connectivity index (χ4v) is 2.00. The summed E-state index contributed by atoms with van der Waals surface area (Å²) in [5, 5.41) is 0. The number of ether oxygens (including phenoxy) is 2. The van der Waals surface area contributed by atoms with Crippen LogP contribution in [-0.2, 0) is 16.1 Å². The first-order valence-corrected chi connectivity index (χ1v) is 8.06. The van der Waals surface area contributed by atoms with E-state index < -0.39 is 0 Å². The van der Waals surface area contributed by atoms with E-state index >= 15 is 0 Å². The molecule has 0 bridgehead atoms. The molecule has 0 aliphatic heterocycles. The maximum Gasteiger partial charge on any atom is 0.0847 e. The molecule has 0 heterocycles. The lowest BCUT2D eigenvalue weighted by Gasteiger charge is -2.18. The van der Waals surface area contributed by atoms with Gasteiger partial charge in [-0.25, -0.2) is 0 Å². The Morgan fingerprint density at radius 1 is 1.23 bits per heavy atom. The number of rotatable bonds is 10. The summed E-state index contributed by atoms with van der Waals surface area (Å²) < 4.78 is 11.8. The molecule has 0 aliphatic rings. The number of hydrogen-bond donors (Lipinski definition) is 0. The minimum atomic E-state index is 0.0771. The highest BCUT2D eigenvalue weighted by atomic mass is 16.5. The van der Waals surface area contributed by atoms with Crippen molar-refractivity contribution in [2.75, 3.05) is 13.2 Å². The maximum absolute atomic E-state index is 6.08. The van der Waals surface area contributed by atoms with Gasteiger partial charge in [0, 0.05) is 6.61 Å². The van der Waals surface area contributed by atoms with E-state index in [1.165, 1.54) is 16.7 Å². The molecule has 1 rings (SSSR count). The fourth-order valence-electron chi connectivity index (χ4n) is 2.00. The van der Waals surface area contributed by atoms with Gasteiger partial charge in [-0.05, 0) is 37.3 Å². The predicted molar refractivity (Wildman–Crippen MR) is 94.0 cm³/mol. The van der Waals surface area contributed by atoms with Gasteiger partial charge in [-0.15, -0.1) is 0 Å². The molecule has 0 spiro atoms. The number of hydrogen-bond acceptors (Lipinski definition) is 2. The average molecular weight is 302 g/mol. The zero-order chi connectivity index (χ0) is 16.4. The van der Waals surface area contributed by atoms with Gasteiger partial charge in [-0.3, -0.25) is 0 Å². The third-order valence-corrected chi connectivity index (χ3v) is 3.52. The highest BCUT2D eigenvalue weighted by Crippen LogP contribution is 2.12. The Morgan fingerprint density at radius 2 is 1.95 bits per heavy atom. The van der Waals surface area contributed by atoms with Crippen molar-refractivity contribution in [1.29, 1.82) is 0 Å². The summed E-state index contributed by atoms with van der Waals surface area (Å²) in [5.41, 5.74) is 3.68. The molecule has 1 aromatic carbocycles. The lowest BCUT2D eigenvalue weighted by Crippen LogP contribution is -2.21. The summed E-state index contributed by atoms with van der Waals surface area (Å²) in [6, 6.07) is 8.34. The second-order valence-corrected chi connectivity index (χ2v) is 6.18. The molecule has 0 aliphatic carbocycles. The van der Waals surface area contributed by atoms with Crippen LogP contribution in [0.1, 0.15) is 38.3 Å². The third-order valence-electron chi connectivity index (χ3n) is 3.52. The minimum Gasteiger partial charge on any atom is -0.378 e. The van der Waals surface area contributed by atoms with Crippen molar-refractivity contribution in [2.24, 2.45) is 5.92 Å². The molecule has 0 amide bonds. The van der Waals surface area contributed by atoms with E-state index in [2.05, 4.69) is 64.6 Å². The molecule has 22 heavy (non-hydrogen) atoms. The lowest BCUT2D eigenvalue weighted by atomic mass is 10.1. The van der Waals surface area contributed by atoms with Gasteiger partial charge in [-0.1, -0.05) is 62.4 Å². The fraction of sp³-hybridized carbons (Fsp3) is 0.500. The van der Waals surface area contributed by atoms with Crippen LogP contribution >= 0.6 is 0 Å². The van der Waals surface area contributed by atoms with Gasteiger partial charge in [0.1, 0.15) is 0 Å². The Labute approximate surface area is 135 Å². The largest absolute Gasteiger partial charge is 0.378 e.